The Bertz CT molecular complexity index is 1070. The van der Waals surface area contributed by atoms with Gasteiger partial charge < -0.3 is 9.25 Å². The Morgan fingerprint density at radius 2 is 1.83 bits per heavy atom. The molecule has 0 saturated heterocycles. The number of benzene rings is 2. The summed E-state index contributed by atoms with van der Waals surface area (Å²) in [7, 11) is 0. The Morgan fingerprint density at radius 1 is 1.07 bits per heavy atom. The van der Waals surface area contributed by atoms with Crippen LogP contribution in [0.2, 0.25) is 10.0 Å². The van der Waals surface area contributed by atoms with E-state index in [-0.39, 0.29) is 12.1 Å². The standard InChI is InChI=1S/C23H20Cl2N2O3/c1-15(18-10-11-19(24)20(25)13-18)26-23(21-9-6-12-29-21)22(16(2)27(26)30-14-28)17-7-4-3-5-8-17/h3-15,23H,1-2H3. The molecule has 1 aliphatic heterocycles. The van der Waals surface area contributed by atoms with Gasteiger partial charge in [-0.3, -0.25) is 4.79 Å². The minimum atomic E-state index is -0.313. The van der Waals surface area contributed by atoms with Gasteiger partial charge in [-0.05, 0) is 49.2 Å². The van der Waals surface area contributed by atoms with E-state index in [1.165, 1.54) is 5.17 Å². The first kappa shape index (κ1) is 20.5. The monoisotopic (exact) mass is 442 g/mol. The molecule has 2 unspecified atom stereocenters. The Balaban J connectivity index is 1.86. The van der Waals surface area contributed by atoms with Crippen LogP contribution in [0, 0.1) is 0 Å². The first-order valence-electron chi connectivity index (χ1n) is 9.46. The Labute approximate surface area is 185 Å². The minimum absolute atomic E-state index is 0.217. The molecular weight excluding hydrogens is 423 g/mol. The molecule has 5 nitrogen and oxygen atoms in total. The second-order valence-electron chi connectivity index (χ2n) is 6.99. The summed E-state index contributed by atoms with van der Waals surface area (Å²) in [5.74, 6) is 0.733. The molecule has 0 radical (unpaired) electrons. The quantitative estimate of drug-likeness (QED) is 0.410. The van der Waals surface area contributed by atoms with Crippen molar-refractivity contribution in [3.8, 4) is 0 Å². The summed E-state index contributed by atoms with van der Waals surface area (Å²) in [5.41, 5.74) is 3.71. The van der Waals surface area contributed by atoms with Crippen LogP contribution >= 0.6 is 23.2 Å². The van der Waals surface area contributed by atoms with Crippen molar-refractivity contribution in [2.45, 2.75) is 25.9 Å². The van der Waals surface area contributed by atoms with E-state index in [1.54, 1.807) is 12.3 Å². The fourth-order valence-corrected chi connectivity index (χ4v) is 4.20. The van der Waals surface area contributed by atoms with Crippen molar-refractivity contribution < 1.29 is 14.0 Å². The zero-order valence-corrected chi connectivity index (χ0v) is 18.0. The first-order chi connectivity index (χ1) is 14.5. The van der Waals surface area contributed by atoms with Crippen molar-refractivity contribution in [3.05, 3.63) is 99.6 Å². The molecule has 0 fully saturated rings. The van der Waals surface area contributed by atoms with Gasteiger partial charge in [-0.15, -0.1) is 5.17 Å². The average molecular weight is 443 g/mol. The van der Waals surface area contributed by atoms with Crippen LogP contribution in [0.25, 0.3) is 5.57 Å². The summed E-state index contributed by atoms with van der Waals surface area (Å²) in [6, 6.07) is 18.7. The van der Waals surface area contributed by atoms with Gasteiger partial charge in [0.05, 0.1) is 28.0 Å². The molecule has 3 aromatic rings. The van der Waals surface area contributed by atoms with E-state index in [0.717, 1.165) is 28.2 Å². The highest BCUT2D eigenvalue weighted by Gasteiger charge is 2.44. The largest absolute Gasteiger partial charge is 0.467 e. The smallest absolute Gasteiger partial charge is 0.322 e. The number of hydrogen-bond donors (Lipinski definition) is 0. The lowest BCUT2D eigenvalue weighted by molar-refractivity contribution is -0.248. The van der Waals surface area contributed by atoms with Crippen LogP contribution in [-0.4, -0.2) is 16.7 Å². The molecule has 2 atom stereocenters. The number of carbonyl (C=O) groups excluding carboxylic acids is 1. The molecule has 0 amide bonds. The second-order valence-corrected chi connectivity index (χ2v) is 7.80. The molecule has 0 saturated carbocycles. The predicted octanol–water partition coefficient (Wildman–Crippen LogP) is 6.44. The van der Waals surface area contributed by atoms with E-state index >= 15 is 0 Å². The minimum Gasteiger partial charge on any atom is -0.467 e. The number of hydroxylamine groups is 1. The van der Waals surface area contributed by atoms with E-state index in [2.05, 4.69) is 0 Å². The Kier molecular flexibility index (Phi) is 5.86. The normalized spacial score (nSPS) is 18.0. The third kappa shape index (κ3) is 3.60. The van der Waals surface area contributed by atoms with Crippen molar-refractivity contribution >= 4 is 35.2 Å². The molecule has 0 aliphatic carbocycles. The number of carbonyl (C=O) groups is 1. The van der Waals surface area contributed by atoms with Crippen molar-refractivity contribution in [1.29, 1.82) is 0 Å². The van der Waals surface area contributed by atoms with Crippen molar-refractivity contribution in [1.82, 2.24) is 10.2 Å². The third-order valence-electron chi connectivity index (χ3n) is 5.29. The molecule has 1 aliphatic rings. The molecule has 1 aromatic heterocycles. The molecular formula is C23H20Cl2N2O3. The number of hydrogen-bond acceptors (Lipinski definition) is 5. The Morgan fingerprint density at radius 3 is 2.47 bits per heavy atom. The van der Waals surface area contributed by atoms with Gasteiger partial charge in [0.15, 0.2) is 0 Å². The maximum absolute atomic E-state index is 11.4. The number of hydrazine groups is 1. The van der Waals surface area contributed by atoms with E-state index < -0.39 is 0 Å². The highest BCUT2D eigenvalue weighted by molar-refractivity contribution is 6.42. The van der Waals surface area contributed by atoms with Gasteiger partial charge in [0.2, 0.25) is 0 Å². The van der Waals surface area contributed by atoms with E-state index in [9.17, 15) is 4.79 Å². The van der Waals surface area contributed by atoms with Crippen LogP contribution in [0.5, 0.6) is 0 Å². The zero-order valence-electron chi connectivity index (χ0n) is 16.5. The number of furan rings is 1. The molecule has 0 N–H and O–H groups in total. The summed E-state index contributed by atoms with van der Waals surface area (Å²) in [6.45, 7) is 4.35. The lowest BCUT2D eigenvalue weighted by atomic mass is 9.95. The van der Waals surface area contributed by atoms with Gasteiger partial charge in [-0.1, -0.05) is 59.6 Å². The lowest BCUT2D eigenvalue weighted by Crippen LogP contribution is -2.40. The molecule has 4 rings (SSSR count). The summed E-state index contributed by atoms with van der Waals surface area (Å²) in [4.78, 5) is 16.8. The van der Waals surface area contributed by atoms with Gasteiger partial charge in [0.25, 0.3) is 0 Å². The molecule has 30 heavy (non-hydrogen) atoms. The zero-order chi connectivity index (χ0) is 21.3. The fraction of sp³-hybridized carbons (Fsp3) is 0.174. The van der Waals surface area contributed by atoms with Crippen molar-refractivity contribution in [2.24, 2.45) is 0 Å². The summed E-state index contributed by atoms with van der Waals surface area (Å²) >= 11 is 12.4. The molecule has 2 heterocycles. The number of rotatable bonds is 6. The SMILES string of the molecule is CC1=C(c2ccccc2)C(c2ccco2)N(C(C)c2ccc(Cl)c(Cl)c2)N1OC=O. The van der Waals surface area contributed by atoms with Crippen LogP contribution in [0.1, 0.15) is 42.8 Å². The summed E-state index contributed by atoms with van der Waals surface area (Å²) in [5, 5.41) is 4.43. The highest BCUT2D eigenvalue weighted by atomic mass is 35.5. The van der Waals surface area contributed by atoms with E-state index in [0.29, 0.717) is 16.5 Å². The van der Waals surface area contributed by atoms with Gasteiger partial charge in [0, 0.05) is 5.57 Å². The molecule has 0 spiro atoms. The molecule has 7 heteroatoms. The first-order valence-corrected chi connectivity index (χ1v) is 10.2. The van der Waals surface area contributed by atoms with Crippen LogP contribution in [0.4, 0.5) is 0 Å². The number of halogens is 2. The number of nitrogens with zero attached hydrogens (tertiary/aromatic N) is 2. The van der Waals surface area contributed by atoms with Crippen molar-refractivity contribution in [2.75, 3.05) is 0 Å². The van der Waals surface area contributed by atoms with Gasteiger partial charge in [0.1, 0.15) is 11.8 Å². The van der Waals surface area contributed by atoms with Crippen LogP contribution < -0.4 is 0 Å². The van der Waals surface area contributed by atoms with Crippen LogP contribution in [0.15, 0.2) is 77.0 Å². The van der Waals surface area contributed by atoms with E-state index in [1.807, 2.05) is 73.5 Å². The van der Waals surface area contributed by atoms with Crippen LogP contribution in [0.3, 0.4) is 0 Å². The fourth-order valence-electron chi connectivity index (χ4n) is 3.90. The molecule has 2 aromatic carbocycles. The summed E-state index contributed by atoms with van der Waals surface area (Å²) < 4.78 is 5.81. The molecule has 154 valence electrons. The predicted molar refractivity (Wildman–Crippen MR) is 116 cm³/mol. The van der Waals surface area contributed by atoms with E-state index in [4.69, 9.17) is 32.5 Å². The average Bonchev–Trinajstić information content (AvgIpc) is 3.37. The molecule has 0 bridgehead atoms. The third-order valence-corrected chi connectivity index (χ3v) is 6.03. The van der Waals surface area contributed by atoms with Gasteiger partial charge >= 0.3 is 6.47 Å². The second kappa shape index (κ2) is 8.56. The Hall–Kier alpha value is -2.73. The van der Waals surface area contributed by atoms with Gasteiger partial charge in [-0.2, -0.15) is 5.01 Å². The summed E-state index contributed by atoms with van der Waals surface area (Å²) in [6.07, 6.45) is 1.64. The topological polar surface area (TPSA) is 45.9 Å². The van der Waals surface area contributed by atoms with Crippen molar-refractivity contribution in [3.63, 3.8) is 0 Å². The maximum atomic E-state index is 11.4. The highest BCUT2D eigenvalue weighted by Crippen LogP contribution is 2.49. The lowest BCUT2D eigenvalue weighted by Gasteiger charge is -2.36. The maximum Gasteiger partial charge on any atom is 0.322 e. The van der Waals surface area contributed by atoms with Crippen LogP contribution in [-0.2, 0) is 9.63 Å². The number of allylic oxidation sites excluding steroid dienone is 1. The van der Waals surface area contributed by atoms with Gasteiger partial charge in [-0.25, -0.2) is 0 Å².